The van der Waals surface area contributed by atoms with Gasteiger partial charge in [0.25, 0.3) is 0 Å². The van der Waals surface area contributed by atoms with E-state index in [0.717, 1.165) is 16.7 Å². The Bertz CT molecular complexity index is 709. The Labute approximate surface area is 118 Å². The van der Waals surface area contributed by atoms with Crippen LogP contribution in [0.2, 0.25) is 0 Å². The lowest BCUT2D eigenvalue weighted by molar-refractivity contribution is 0.173. The van der Waals surface area contributed by atoms with Gasteiger partial charge in [-0.1, -0.05) is 6.07 Å². The first kappa shape index (κ1) is 13.2. The highest BCUT2D eigenvalue weighted by Crippen LogP contribution is 2.16. The van der Waals surface area contributed by atoms with Crippen molar-refractivity contribution in [1.82, 2.24) is 9.38 Å². The largest absolute Gasteiger partial charge is 0.392 e. The molecule has 1 aromatic carbocycles. The average Bonchev–Trinajstić information content (AvgIpc) is 2.93. The summed E-state index contributed by atoms with van der Waals surface area (Å²) in [5.41, 5.74) is 1.06. The number of imidazole rings is 1. The molecule has 0 aliphatic carbocycles. The zero-order valence-corrected chi connectivity index (χ0v) is 11.3. The van der Waals surface area contributed by atoms with Crippen molar-refractivity contribution in [3.8, 4) is 0 Å². The van der Waals surface area contributed by atoms with E-state index in [2.05, 4.69) is 4.98 Å². The van der Waals surface area contributed by atoms with Crippen molar-refractivity contribution < 1.29 is 13.9 Å². The second-order valence-electron chi connectivity index (χ2n) is 4.62. The maximum atomic E-state index is 13.5. The molecular formula is C14H12F2N2OS. The fraction of sp³-hybridized carbons (Fsp3) is 0.214. The Morgan fingerprint density at radius 1 is 1.30 bits per heavy atom. The number of nitrogens with zero attached hydrogens (tertiary/aromatic N) is 2. The fourth-order valence-corrected chi connectivity index (χ4v) is 2.85. The number of aromatic nitrogens is 2. The zero-order chi connectivity index (χ0) is 14.1. The molecule has 1 N–H and O–H groups in total. The lowest BCUT2D eigenvalue weighted by Crippen LogP contribution is -2.15. The Kier molecular flexibility index (Phi) is 3.50. The van der Waals surface area contributed by atoms with Crippen molar-refractivity contribution in [1.29, 1.82) is 0 Å². The molecule has 0 bridgehead atoms. The summed E-state index contributed by atoms with van der Waals surface area (Å²) in [4.78, 5) is 5.22. The van der Waals surface area contributed by atoms with Crippen molar-refractivity contribution in [2.45, 2.75) is 18.9 Å². The molecule has 20 heavy (non-hydrogen) atoms. The maximum Gasteiger partial charge on any atom is 0.193 e. The van der Waals surface area contributed by atoms with Gasteiger partial charge in [0.1, 0.15) is 11.6 Å². The SMILES string of the molecule is OC(Cc1cn2ccsc2n1)Cc1ccc(F)cc1F. The molecule has 3 rings (SSSR count). The molecule has 3 aromatic rings. The van der Waals surface area contributed by atoms with Crippen molar-refractivity contribution in [3.05, 3.63) is 58.9 Å². The number of halogens is 2. The quantitative estimate of drug-likeness (QED) is 0.803. The molecule has 1 atom stereocenters. The predicted molar refractivity (Wildman–Crippen MR) is 72.8 cm³/mol. The number of rotatable bonds is 4. The Balaban J connectivity index is 1.70. The van der Waals surface area contributed by atoms with Crippen LogP contribution in [0.5, 0.6) is 0 Å². The van der Waals surface area contributed by atoms with Crippen LogP contribution < -0.4 is 0 Å². The molecule has 104 valence electrons. The molecule has 0 saturated heterocycles. The fourth-order valence-electron chi connectivity index (χ4n) is 2.13. The van der Waals surface area contributed by atoms with Gasteiger partial charge in [0.2, 0.25) is 0 Å². The Morgan fingerprint density at radius 2 is 2.15 bits per heavy atom. The first-order valence-corrected chi connectivity index (χ1v) is 7.03. The molecular weight excluding hydrogens is 282 g/mol. The second-order valence-corrected chi connectivity index (χ2v) is 5.50. The first-order valence-electron chi connectivity index (χ1n) is 6.15. The molecule has 0 aliphatic heterocycles. The van der Waals surface area contributed by atoms with Crippen LogP contribution in [0, 0.1) is 11.6 Å². The van der Waals surface area contributed by atoms with E-state index in [1.165, 1.54) is 23.5 Å². The number of fused-ring (bicyclic) bond motifs is 1. The van der Waals surface area contributed by atoms with Crippen molar-refractivity contribution in [2.75, 3.05) is 0 Å². The smallest absolute Gasteiger partial charge is 0.193 e. The summed E-state index contributed by atoms with van der Waals surface area (Å²) in [7, 11) is 0. The summed E-state index contributed by atoms with van der Waals surface area (Å²) < 4.78 is 28.2. The van der Waals surface area contributed by atoms with Gasteiger partial charge in [-0.05, 0) is 11.6 Å². The standard InChI is InChI=1S/C14H12F2N2OS/c15-10-2-1-9(13(16)6-10)5-12(19)7-11-8-18-3-4-20-14(18)17-11/h1-4,6,8,12,19H,5,7H2. The Hall–Kier alpha value is -1.79. The predicted octanol–water partition coefficient (Wildman–Crippen LogP) is 2.82. The zero-order valence-electron chi connectivity index (χ0n) is 10.5. The minimum Gasteiger partial charge on any atom is -0.392 e. The molecule has 0 amide bonds. The van der Waals surface area contributed by atoms with Gasteiger partial charge in [0.05, 0.1) is 11.8 Å². The van der Waals surface area contributed by atoms with Crippen molar-refractivity contribution >= 4 is 16.3 Å². The number of hydrogen-bond donors (Lipinski definition) is 1. The number of thiazole rings is 1. The highest BCUT2D eigenvalue weighted by molar-refractivity contribution is 7.15. The molecule has 1 unspecified atom stereocenters. The van der Waals surface area contributed by atoms with Crippen LogP contribution in [0.4, 0.5) is 8.78 Å². The molecule has 6 heteroatoms. The van der Waals surface area contributed by atoms with E-state index >= 15 is 0 Å². The molecule has 2 heterocycles. The highest BCUT2D eigenvalue weighted by atomic mass is 32.1. The van der Waals surface area contributed by atoms with Crippen molar-refractivity contribution in [2.24, 2.45) is 0 Å². The Morgan fingerprint density at radius 3 is 2.90 bits per heavy atom. The van der Waals surface area contributed by atoms with Gasteiger partial charge in [-0.3, -0.25) is 4.40 Å². The number of aliphatic hydroxyl groups excluding tert-OH is 1. The van der Waals surface area contributed by atoms with Crippen LogP contribution in [-0.2, 0) is 12.8 Å². The summed E-state index contributed by atoms with van der Waals surface area (Å²) in [6.45, 7) is 0. The molecule has 0 spiro atoms. The second kappa shape index (κ2) is 5.30. The topological polar surface area (TPSA) is 37.5 Å². The number of hydrogen-bond acceptors (Lipinski definition) is 3. The van der Waals surface area contributed by atoms with E-state index in [9.17, 15) is 13.9 Å². The lowest BCUT2D eigenvalue weighted by atomic mass is 10.0. The van der Waals surface area contributed by atoms with Crippen LogP contribution in [-0.4, -0.2) is 20.6 Å². The van der Waals surface area contributed by atoms with Crippen LogP contribution in [0.25, 0.3) is 4.96 Å². The monoisotopic (exact) mass is 294 g/mol. The molecule has 2 aromatic heterocycles. The summed E-state index contributed by atoms with van der Waals surface area (Å²) in [5, 5.41) is 11.9. The van der Waals surface area contributed by atoms with E-state index in [4.69, 9.17) is 0 Å². The van der Waals surface area contributed by atoms with Crippen LogP contribution in [0.15, 0.2) is 36.0 Å². The third kappa shape index (κ3) is 2.71. The van der Waals surface area contributed by atoms with E-state index in [1.54, 1.807) is 0 Å². The van der Waals surface area contributed by atoms with Gasteiger partial charge in [0.15, 0.2) is 4.96 Å². The number of aliphatic hydroxyl groups is 1. The van der Waals surface area contributed by atoms with E-state index in [1.807, 2.05) is 22.2 Å². The van der Waals surface area contributed by atoms with E-state index in [-0.39, 0.29) is 6.42 Å². The van der Waals surface area contributed by atoms with Gasteiger partial charge < -0.3 is 5.11 Å². The van der Waals surface area contributed by atoms with Crippen LogP contribution in [0.1, 0.15) is 11.3 Å². The molecule has 0 radical (unpaired) electrons. The van der Waals surface area contributed by atoms with Crippen LogP contribution in [0.3, 0.4) is 0 Å². The highest BCUT2D eigenvalue weighted by Gasteiger charge is 2.13. The summed E-state index contributed by atoms with van der Waals surface area (Å²) in [6, 6.07) is 3.38. The minimum absolute atomic E-state index is 0.136. The van der Waals surface area contributed by atoms with Gasteiger partial charge >= 0.3 is 0 Å². The summed E-state index contributed by atoms with van der Waals surface area (Å²) in [5.74, 6) is -1.25. The van der Waals surface area contributed by atoms with E-state index < -0.39 is 17.7 Å². The molecule has 3 nitrogen and oxygen atoms in total. The molecule has 0 saturated carbocycles. The molecule has 0 aliphatic rings. The first-order chi connectivity index (χ1) is 9.61. The van der Waals surface area contributed by atoms with Gasteiger partial charge in [-0.15, -0.1) is 11.3 Å². The van der Waals surface area contributed by atoms with Crippen molar-refractivity contribution in [3.63, 3.8) is 0 Å². The van der Waals surface area contributed by atoms with E-state index in [0.29, 0.717) is 12.0 Å². The summed E-state index contributed by atoms with van der Waals surface area (Å²) >= 11 is 1.51. The van der Waals surface area contributed by atoms with Crippen LogP contribution >= 0.6 is 11.3 Å². The molecule has 0 fully saturated rings. The normalized spacial score (nSPS) is 12.9. The summed E-state index contributed by atoms with van der Waals surface area (Å²) in [6.07, 6.45) is 3.46. The lowest BCUT2D eigenvalue weighted by Gasteiger charge is -2.09. The third-order valence-corrected chi connectivity index (χ3v) is 3.83. The average molecular weight is 294 g/mol. The van der Waals surface area contributed by atoms with Gasteiger partial charge in [0, 0.05) is 36.7 Å². The van der Waals surface area contributed by atoms with Gasteiger partial charge in [-0.2, -0.15) is 0 Å². The number of benzene rings is 1. The maximum absolute atomic E-state index is 13.5. The minimum atomic E-state index is -0.750. The third-order valence-electron chi connectivity index (χ3n) is 3.06. The van der Waals surface area contributed by atoms with Gasteiger partial charge in [-0.25, -0.2) is 13.8 Å².